The molecule has 3 nitrogen and oxygen atoms in total. The van der Waals surface area contributed by atoms with Crippen LogP contribution in [0.1, 0.15) is 30.5 Å². The van der Waals surface area contributed by atoms with Crippen molar-refractivity contribution >= 4 is 5.91 Å². The Labute approximate surface area is 103 Å². The van der Waals surface area contributed by atoms with E-state index in [4.69, 9.17) is 0 Å². The number of carbonyl (C=O) groups excluding carboxylic acids is 1. The maximum Gasteiger partial charge on any atom is 0.239 e. The number of hydrogen-bond acceptors (Lipinski definition) is 2. The second kappa shape index (κ2) is 4.88. The van der Waals surface area contributed by atoms with E-state index in [1.807, 2.05) is 19.2 Å². The third kappa shape index (κ3) is 2.50. The van der Waals surface area contributed by atoms with Crippen LogP contribution in [0.4, 0.5) is 0 Å². The molecule has 0 bridgehead atoms. The van der Waals surface area contributed by atoms with Gasteiger partial charge in [-0.15, -0.1) is 0 Å². The van der Waals surface area contributed by atoms with Gasteiger partial charge in [-0.05, 0) is 31.4 Å². The number of nitrogens with one attached hydrogen (secondary N) is 1. The predicted octanol–water partition coefficient (Wildman–Crippen LogP) is 1.88. The van der Waals surface area contributed by atoms with E-state index in [1.54, 1.807) is 4.90 Å². The van der Waals surface area contributed by atoms with Gasteiger partial charge in [-0.25, -0.2) is 0 Å². The standard InChI is InChI=1S/C14H20N2O/c1-10-6-4-5-7-12(10)11(2)15-13-8-9-16(3)14(13)17/h4-7,11,13,15H,8-9H2,1-3H3. The average Bonchev–Trinajstić information content (AvgIpc) is 2.61. The molecule has 1 amide bonds. The van der Waals surface area contributed by atoms with E-state index in [0.29, 0.717) is 0 Å². The van der Waals surface area contributed by atoms with E-state index in [0.717, 1.165) is 13.0 Å². The van der Waals surface area contributed by atoms with Gasteiger partial charge in [0.2, 0.25) is 5.91 Å². The van der Waals surface area contributed by atoms with Crippen LogP contribution in [0.2, 0.25) is 0 Å². The van der Waals surface area contributed by atoms with Crippen LogP contribution in [0.15, 0.2) is 24.3 Å². The minimum atomic E-state index is -0.0189. The molecule has 0 spiro atoms. The zero-order valence-electron chi connectivity index (χ0n) is 10.7. The van der Waals surface area contributed by atoms with Crippen molar-refractivity contribution in [3.63, 3.8) is 0 Å². The molecule has 1 heterocycles. The highest BCUT2D eigenvalue weighted by Gasteiger charge is 2.30. The second-order valence-corrected chi connectivity index (χ2v) is 4.85. The smallest absolute Gasteiger partial charge is 0.239 e. The molecular formula is C14H20N2O. The molecule has 3 heteroatoms. The summed E-state index contributed by atoms with van der Waals surface area (Å²) in [7, 11) is 1.86. The minimum absolute atomic E-state index is 0.0189. The Morgan fingerprint density at radius 2 is 2.12 bits per heavy atom. The highest BCUT2D eigenvalue weighted by molar-refractivity contribution is 5.83. The largest absolute Gasteiger partial charge is 0.344 e. The fourth-order valence-corrected chi connectivity index (χ4v) is 2.44. The van der Waals surface area contributed by atoms with Crippen LogP contribution >= 0.6 is 0 Å². The highest BCUT2D eigenvalue weighted by Crippen LogP contribution is 2.19. The molecule has 1 N–H and O–H groups in total. The van der Waals surface area contributed by atoms with Crippen LogP contribution in [0.25, 0.3) is 0 Å². The second-order valence-electron chi connectivity index (χ2n) is 4.85. The summed E-state index contributed by atoms with van der Waals surface area (Å²) in [4.78, 5) is 13.6. The first-order chi connectivity index (χ1) is 8.09. The molecule has 2 unspecified atom stereocenters. The van der Waals surface area contributed by atoms with E-state index in [2.05, 4.69) is 31.3 Å². The first-order valence-electron chi connectivity index (χ1n) is 6.16. The maximum absolute atomic E-state index is 11.8. The number of hydrogen-bond donors (Lipinski definition) is 1. The van der Waals surface area contributed by atoms with Crippen LogP contribution in [-0.4, -0.2) is 30.4 Å². The third-order valence-electron chi connectivity index (χ3n) is 3.53. The molecule has 1 aliphatic rings. The fraction of sp³-hybridized carbons (Fsp3) is 0.500. The normalized spacial score (nSPS) is 21.9. The average molecular weight is 232 g/mol. The van der Waals surface area contributed by atoms with E-state index >= 15 is 0 Å². The highest BCUT2D eigenvalue weighted by atomic mass is 16.2. The predicted molar refractivity (Wildman–Crippen MR) is 68.8 cm³/mol. The first-order valence-corrected chi connectivity index (χ1v) is 6.16. The van der Waals surface area contributed by atoms with Gasteiger partial charge in [0, 0.05) is 19.6 Å². The quantitative estimate of drug-likeness (QED) is 0.863. The number of nitrogens with zero attached hydrogens (tertiary/aromatic N) is 1. The summed E-state index contributed by atoms with van der Waals surface area (Å²) in [5.74, 6) is 0.213. The van der Waals surface area contributed by atoms with Crippen molar-refractivity contribution in [3.05, 3.63) is 35.4 Å². The Bertz CT molecular complexity index is 416. The van der Waals surface area contributed by atoms with Crippen molar-refractivity contribution < 1.29 is 4.79 Å². The van der Waals surface area contributed by atoms with Crippen LogP contribution in [0, 0.1) is 6.92 Å². The van der Waals surface area contributed by atoms with Gasteiger partial charge in [0.25, 0.3) is 0 Å². The van der Waals surface area contributed by atoms with Gasteiger partial charge < -0.3 is 4.90 Å². The van der Waals surface area contributed by atoms with E-state index in [-0.39, 0.29) is 18.0 Å². The molecule has 0 saturated carbocycles. The molecular weight excluding hydrogens is 212 g/mol. The lowest BCUT2D eigenvalue weighted by Crippen LogP contribution is -2.38. The van der Waals surface area contributed by atoms with Crippen molar-refractivity contribution in [2.24, 2.45) is 0 Å². The molecule has 1 aliphatic heterocycles. The van der Waals surface area contributed by atoms with Crippen molar-refractivity contribution in [2.75, 3.05) is 13.6 Å². The van der Waals surface area contributed by atoms with Gasteiger partial charge in [0.05, 0.1) is 6.04 Å². The molecule has 92 valence electrons. The van der Waals surface area contributed by atoms with Crippen LogP contribution in [0.3, 0.4) is 0 Å². The van der Waals surface area contributed by atoms with Gasteiger partial charge in [-0.1, -0.05) is 24.3 Å². The molecule has 0 radical (unpaired) electrons. The van der Waals surface area contributed by atoms with Gasteiger partial charge in [-0.3, -0.25) is 10.1 Å². The zero-order chi connectivity index (χ0) is 12.4. The first kappa shape index (κ1) is 12.1. The molecule has 0 aliphatic carbocycles. The summed E-state index contributed by atoms with van der Waals surface area (Å²) in [6, 6.07) is 8.52. The molecule has 1 fully saturated rings. The van der Waals surface area contributed by atoms with Crippen molar-refractivity contribution in [2.45, 2.75) is 32.4 Å². The van der Waals surface area contributed by atoms with Crippen LogP contribution in [-0.2, 0) is 4.79 Å². The molecule has 2 rings (SSSR count). The lowest BCUT2D eigenvalue weighted by atomic mass is 10.0. The van der Waals surface area contributed by atoms with Crippen molar-refractivity contribution in [3.8, 4) is 0 Å². The van der Waals surface area contributed by atoms with Crippen molar-refractivity contribution in [1.82, 2.24) is 10.2 Å². The summed E-state index contributed by atoms with van der Waals surface area (Å²) in [5, 5.41) is 3.42. The molecule has 2 atom stereocenters. The lowest BCUT2D eigenvalue weighted by molar-refractivity contribution is -0.128. The Morgan fingerprint density at radius 3 is 2.71 bits per heavy atom. The van der Waals surface area contributed by atoms with E-state index < -0.39 is 0 Å². The van der Waals surface area contributed by atoms with Gasteiger partial charge >= 0.3 is 0 Å². The van der Waals surface area contributed by atoms with E-state index in [1.165, 1.54) is 11.1 Å². The monoisotopic (exact) mass is 232 g/mol. The number of carbonyl (C=O) groups is 1. The number of rotatable bonds is 3. The van der Waals surface area contributed by atoms with Crippen LogP contribution < -0.4 is 5.32 Å². The molecule has 17 heavy (non-hydrogen) atoms. The Kier molecular flexibility index (Phi) is 3.48. The number of amides is 1. The van der Waals surface area contributed by atoms with Crippen molar-refractivity contribution in [1.29, 1.82) is 0 Å². The van der Waals surface area contributed by atoms with Gasteiger partial charge in [-0.2, -0.15) is 0 Å². The third-order valence-corrected chi connectivity index (χ3v) is 3.53. The molecule has 1 saturated heterocycles. The summed E-state index contributed by atoms with van der Waals surface area (Å²) < 4.78 is 0. The number of likely N-dealkylation sites (N-methyl/N-ethyl adjacent to an activating group) is 1. The number of benzene rings is 1. The SMILES string of the molecule is Cc1ccccc1C(C)NC1CCN(C)C1=O. The zero-order valence-corrected chi connectivity index (χ0v) is 10.7. The lowest BCUT2D eigenvalue weighted by Gasteiger charge is -2.20. The summed E-state index contributed by atoms with van der Waals surface area (Å²) in [6.07, 6.45) is 0.908. The fourth-order valence-electron chi connectivity index (χ4n) is 2.44. The summed E-state index contributed by atoms with van der Waals surface area (Å²) in [5.41, 5.74) is 2.54. The van der Waals surface area contributed by atoms with Gasteiger partial charge in [0.15, 0.2) is 0 Å². The number of aryl methyl sites for hydroxylation is 1. The minimum Gasteiger partial charge on any atom is -0.344 e. The van der Waals surface area contributed by atoms with Gasteiger partial charge in [0.1, 0.15) is 0 Å². The summed E-state index contributed by atoms with van der Waals surface area (Å²) in [6.45, 7) is 5.08. The topological polar surface area (TPSA) is 32.3 Å². The number of likely N-dealkylation sites (tertiary alicyclic amines) is 1. The van der Waals surface area contributed by atoms with Crippen LogP contribution in [0.5, 0.6) is 0 Å². The maximum atomic E-state index is 11.8. The Balaban J connectivity index is 2.05. The molecule has 1 aromatic carbocycles. The summed E-state index contributed by atoms with van der Waals surface area (Å²) >= 11 is 0. The Hall–Kier alpha value is -1.35. The molecule has 0 aromatic heterocycles. The Morgan fingerprint density at radius 1 is 1.41 bits per heavy atom. The molecule has 1 aromatic rings. The van der Waals surface area contributed by atoms with E-state index in [9.17, 15) is 4.79 Å².